The molecule has 5 unspecified atom stereocenters. The van der Waals surface area contributed by atoms with Crippen LogP contribution in [-0.4, -0.2) is 55.5 Å². The van der Waals surface area contributed by atoms with Crippen molar-refractivity contribution < 1.29 is 28.5 Å². The first kappa shape index (κ1) is 20.1. The molecule has 4 rings (SSSR count). The van der Waals surface area contributed by atoms with E-state index in [9.17, 15) is 4.79 Å². The van der Waals surface area contributed by atoms with Crippen molar-refractivity contribution in [3.63, 3.8) is 0 Å². The highest BCUT2D eigenvalue weighted by molar-refractivity contribution is 5.88. The van der Waals surface area contributed by atoms with Gasteiger partial charge in [0.1, 0.15) is 5.60 Å². The second-order valence-electron chi connectivity index (χ2n) is 9.03. The number of carbonyl (C=O) groups is 1. The van der Waals surface area contributed by atoms with Crippen molar-refractivity contribution in [2.45, 2.75) is 88.0 Å². The summed E-state index contributed by atoms with van der Waals surface area (Å²) in [5.74, 6) is -1.21. The van der Waals surface area contributed by atoms with E-state index in [0.29, 0.717) is 25.0 Å². The number of epoxide rings is 2. The van der Waals surface area contributed by atoms with Gasteiger partial charge in [-0.05, 0) is 65.4 Å². The Bertz CT molecular complexity index is 729. The van der Waals surface area contributed by atoms with Gasteiger partial charge < -0.3 is 23.7 Å². The summed E-state index contributed by atoms with van der Waals surface area (Å²) in [6, 6.07) is 0. The normalized spacial score (nSPS) is 45.5. The van der Waals surface area contributed by atoms with Crippen LogP contribution in [0.2, 0.25) is 0 Å². The van der Waals surface area contributed by atoms with E-state index in [2.05, 4.69) is 26.8 Å². The molecule has 6 nitrogen and oxygen atoms in total. The maximum atomic E-state index is 12.3. The van der Waals surface area contributed by atoms with Gasteiger partial charge in [-0.1, -0.05) is 11.6 Å². The molecule has 156 valence electrons. The number of esters is 1. The van der Waals surface area contributed by atoms with E-state index < -0.39 is 17.0 Å². The van der Waals surface area contributed by atoms with Crippen molar-refractivity contribution in [3.05, 3.63) is 23.3 Å². The zero-order valence-corrected chi connectivity index (χ0v) is 17.6. The van der Waals surface area contributed by atoms with E-state index >= 15 is 0 Å². The molecule has 0 aromatic carbocycles. The van der Waals surface area contributed by atoms with Crippen LogP contribution in [0, 0.1) is 0 Å². The van der Waals surface area contributed by atoms with Crippen LogP contribution in [0.5, 0.6) is 0 Å². The lowest BCUT2D eigenvalue weighted by Gasteiger charge is -2.32. The Morgan fingerprint density at radius 2 is 2.00 bits per heavy atom. The minimum atomic E-state index is -0.926. The standard InChI is InChI=1S/C22H32O6/c1-15-8-9-17-19(2,27-17)11-6-7-16(18(23)24-4)10-12-21-20(3,28-21)14-26-22(21,13-15)25-5/h7,13,17H,6,8-12,14H2,1-5H3. The highest BCUT2D eigenvalue weighted by Crippen LogP contribution is 2.64. The van der Waals surface area contributed by atoms with Gasteiger partial charge in [0.05, 0.1) is 25.4 Å². The molecule has 1 spiro atoms. The lowest BCUT2D eigenvalue weighted by molar-refractivity contribution is -0.219. The second kappa shape index (κ2) is 6.66. The molecular formula is C22H32O6. The van der Waals surface area contributed by atoms with Gasteiger partial charge in [0, 0.05) is 12.7 Å². The van der Waals surface area contributed by atoms with Gasteiger partial charge in [-0.25, -0.2) is 4.79 Å². The van der Waals surface area contributed by atoms with Gasteiger partial charge in [-0.3, -0.25) is 0 Å². The van der Waals surface area contributed by atoms with Crippen molar-refractivity contribution in [2.24, 2.45) is 0 Å². The summed E-state index contributed by atoms with van der Waals surface area (Å²) in [5.41, 5.74) is 0.822. The molecule has 6 heteroatoms. The molecule has 3 fully saturated rings. The molecule has 0 N–H and O–H groups in total. The summed E-state index contributed by atoms with van der Waals surface area (Å²) in [4.78, 5) is 12.3. The third-order valence-corrected chi connectivity index (χ3v) is 7.14. The first-order valence-corrected chi connectivity index (χ1v) is 10.3. The van der Waals surface area contributed by atoms with Gasteiger partial charge in [0.15, 0.2) is 5.60 Å². The number of hydrogen-bond donors (Lipinski definition) is 0. The van der Waals surface area contributed by atoms with Crippen LogP contribution in [0.4, 0.5) is 0 Å². The third-order valence-electron chi connectivity index (χ3n) is 7.14. The maximum Gasteiger partial charge on any atom is 0.333 e. The van der Waals surface area contributed by atoms with E-state index in [4.69, 9.17) is 23.7 Å². The van der Waals surface area contributed by atoms with Gasteiger partial charge in [0.2, 0.25) is 5.79 Å². The van der Waals surface area contributed by atoms with Crippen LogP contribution in [0.25, 0.3) is 0 Å². The quantitative estimate of drug-likeness (QED) is 0.407. The van der Waals surface area contributed by atoms with E-state index in [0.717, 1.165) is 25.7 Å². The average molecular weight is 392 g/mol. The Balaban J connectivity index is 1.66. The molecule has 1 aliphatic carbocycles. The van der Waals surface area contributed by atoms with Crippen LogP contribution in [0.15, 0.2) is 23.3 Å². The smallest absolute Gasteiger partial charge is 0.333 e. The van der Waals surface area contributed by atoms with Gasteiger partial charge in [-0.15, -0.1) is 0 Å². The first-order valence-electron chi connectivity index (χ1n) is 10.3. The van der Waals surface area contributed by atoms with Crippen LogP contribution in [0.3, 0.4) is 0 Å². The predicted molar refractivity (Wildman–Crippen MR) is 103 cm³/mol. The van der Waals surface area contributed by atoms with Crippen molar-refractivity contribution >= 4 is 5.97 Å². The maximum absolute atomic E-state index is 12.3. The van der Waals surface area contributed by atoms with Crippen molar-refractivity contribution in [1.82, 2.24) is 0 Å². The van der Waals surface area contributed by atoms with E-state index in [1.54, 1.807) is 7.11 Å². The molecule has 5 atom stereocenters. The highest BCUT2D eigenvalue weighted by atomic mass is 16.8. The number of ether oxygens (including phenoxy) is 5. The molecule has 0 saturated carbocycles. The van der Waals surface area contributed by atoms with Crippen molar-refractivity contribution in [2.75, 3.05) is 20.8 Å². The summed E-state index contributed by atoms with van der Waals surface area (Å²) in [6.45, 7) is 6.81. The molecule has 4 aliphatic rings. The summed E-state index contributed by atoms with van der Waals surface area (Å²) in [5, 5.41) is 0. The van der Waals surface area contributed by atoms with Gasteiger partial charge in [0.25, 0.3) is 0 Å². The average Bonchev–Trinajstić information content (AvgIpc) is 3.49. The van der Waals surface area contributed by atoms with E-state index in [1.807, 2.05) is 6.08 Å². The number of hydrogen-bond acceptors (Lipinski definition) is 6. The zero-order valence-electron chi connectivity index (χ0n) is 17.6. The Morgan fingerprint density at radius 1 is 1.21 bits per heavy atom. The Morgan fingerprint density at radius 3 is 2.68 bits per heavy atom. The number of allylic oxidation sites excluding steroid dienone is 2. The van der Waals surface area contributed by atoms with Gasteiger partial charge >= 0.3 is 5.97 Å². The predicted octanol–water partition coefficient (Wildman–Crippen LogP) is 3.44. The summed E-state index contributed by atoms with van der Waals surface area (Å²) < 4.78 is 29.3. The fourth-order valence-electron chi connectivity index (χ4n) is 5.13. The molecular weight excluding hydrogens is 360 g/mol. The topological polar surface area (TPSA) is 69.8 Å². The fraction of sp³-hybridized carbons (Fsp3) is 0.773. The summed E-state index contributed by atoms with van der Waals surface area (Å²) in [6.07, 6.45) is 9.15. The number of carbonyl (C=O) groups excluding carboxylic acids is 1. The van der Waals surface area contributed by atoms with Crippen molar-refractivity contribution in [3.8, 4) is 0 Å². The fourth-order valence-corrected chi connectivity index (χ4v) is 5.13. The Hall–Kier alpha value is -1.21. The lowest BCUT2D eigenvalue weighted by Crippen LogP contribution is -2.46. The molecule has 3 heterocycles. The minimum absolute atomic E-state index is 0.0929. The molecule has 0 bridgehead atoms. The Labute approximate surface area is 167 Å². The first-order chi connectivity index (χ1) is 13.2. The molecule has 0 aromatic heterocycles. The van der Waals surface area contributed by atoms with Crippen molar-refractivity contribution in [1.29, 1.82) is 0 Å². The summed E-state index contributed by atoms with van der Waals surface area (Å²) >= 11 is 0. The SMILES string of the molecule is COC(=O)C1=CCCC2(C)OC2CCC(C)=CC2(OC)OCC3(C)OC32CC1. The molecule has 28 heavy (non-hydrogen) atoms. The van der Waals surface area contributed by atoms with E-state index in [-0.39, 0.29) is 17.7 Å². The molecule has 0 aromatic rings. The number of methoxy groups -OCH3 is 2. The summed E-state index contributed by atoms with van der Waals surface area (Å²) in [7, 11) is 3.09. The number of fused-ring (bicyclic) bond motifs is 1. The van der Waals surface area contributed by atoms with Crippen LogP contribution >= 0.6 is 0 Å². The van der Waals surface area contributed by atoms with E-state index in [1.165, 1.54) is 12.7 Å². The molecule has 3 saturated heterocycles. The monoisotopic (exact) mass is 392 g/mol. The molecule has 0 radical (unpaired) electrons. The minimum Gasteiger partial charge on any atom is -0.466 e. The highest BCUT2D eigenvalue weighted by Gasteiger charge is 2.82. The third kappa shape index (κ3) is 2.96. The molecule has 3 aliphatic heterocycles. The van der Waals surface area contributed by atoms with Crippen LogP contribution in [-0.2, 0) is 28.5 Å². The second-order valence-corrected chi connectivity index (χ2v) is 9.03. The zero-order chi connectivity index (χ0) is 20.2. The largest absolute Gasteiger partial charge is 0.466 e. The van der Waals surface area contributed by atoms with Crippen LogP contribution < -0.4 is 0 Å². The van der Waals surface area contributed by atoms with Crippen LogP contribution in [0.1, 0.15) is 59.3 Å². The molecule has 0 amide bonds. The van der Waals surface area contributed by atoms with Gasteiger partial charge in [-0.2, -0.15) is 0 Å². The Kier molecular flexibility index (Phi) is 4.77. The number of rotatable bonds is 2. The lowest BCUT2D eigenvalue weighted by atomic mass is 9.82.